The SMILES string of the molecule is Oc1ccccc1C=Cc1cnc(Nc2ccc(N3CCNCC3)cc2)s1. The predicted molar refractivity (Wildman–Crippen MR) is 114 cm³/mol. The van der Waals surface area contributed by atoms with Gasteiger partial charge in [-0.05, 0) is 42.5 Å². The number of thiazole rings is 1. The Morgan fingerprint density at radius 3 is 2.59 bits per heavy atom. The summed E-state index contributed by atoms with van der Waals surface area (Å²) in [6.07, 6.45) is 5.69. The van der Waals surface area contributed by atoms with Gasteiger partial charge >= 0.3 is 0 Å². The molecule has 0 spiro atoms. The number of hydrogen-bond acceptors (Lipinski definition) is 6. The van der Waals surface area contributed by atoms with E-state index in [1.165, 1.54) is 5.69 Å². The highest BCUT2D eigenvalue weighted by molar-refractivity contribution is 7.16. The molecule has 0 atom stereocenters. The third-order valence-electron chi connectivity index (χ3n) is 4.49. The standard InChI is InChI=1S/C21H22N4OS/c26-20-4-2-1-3-16(20)5-10-19-15-23-21(27-19)24-17-6-8-18(9-7-17)25-13-11-22-12-14-25/h1-10,15,22,26H,11-14H2,(H,23,24). The lowest BCUT2D eigenvalue weighted by molar-refractivity contribution is 0.474. The Balaban J connectivity index is 1.39. The summed E-state index contributed by atoms with van der Waals surface area (Å²) in [6, 6.07) is 15.8. The molecule has 0 radical (unpaired) electrons. The predicted octanol–water partition coefficient (Wildman–Crippen LogP) is 4.17. The Bertz CT molecular complexity index is 914. The van der Waals surface area contributed by atoms with Gasteiger partial charge in [-0.3, -0.25) is 0 Å². The molecule has 4 rings (SSSR count). The number of nitrogens with zero attached hydrogens (tertiary/aromatic N) is 2. The van der Waals surface area contributed by atoms with Crippen LogP contribution in [0.2, 0.25) is 0 Å². The average molecular weight is 379 g/mol. The first-order chi connectivity index (χ1) is 13.3. The zero-order chi connectivity index (χ0) is 18.5. The van der Waals surface area contributed by atoms with Gasteiger partial charge in [-0.25, -0.2) is 4.98 Å². The molecule has 27 heavy (non-hydrogen) atoms. The minimum absolute atomic E-state index is 0.279. The Labute approximate surface area is 163 Å². The van der Waals surface area contributed by atoms with Gasteiger partial charge in [0.2, 0.25) is 0 Å². The molecule has 1 saturated heterocycles. The van der Waals surface area contributed by atoms with E-state index >= 15 is 0 Å². The topological polar surface area (TPSA) is 60.4 Å². The van der Waals surface area contributed by atoms with Gasteiger partial charge in [0.25, 0.3) is 0 Å². The highest BCUT2D eigenvalue weighted by Crippen LogP contribution is 2.26. The molecule has 1 aliphatic rings. The van der Waals surface area contributed by atoms with Crippen LogP contribution in [0.3, 0.4) is 0 Å². The molecule has 1 fully saturated rings. The quantitative estimate of drug-likeness (QED) is 0.622. The van der Waals surface area contributed by atoms with Crippen LogP contribution in [0.1, 0.15) is 10.4 Å². The molecule has 6 heteroatoms. The van der Waals surface area contributed by atoms with Gasteiger partial charge in [0, 0.05) is 54.2 Å². The van der Waals surface area contributed by atoms with Crippen LogP contribution in [0.5, 0.6) is 5.75 Å². The van der Waals surface area contributed by atoms with Crippen LogP contribution in [0.25, 0.3) is 12.2 Å². The van der Waals surface area contributed by atoms with Crippen LogP contribution in [0.4, 0.5) is 16.5 Å². The van der Waals surface area contributed by atoms with Gasteiger partial charge in [-0.1, -0.05) is 29.5 Å². The van der Waals surface area contributed by atoms with Gasteiger partial charge < -0.3 is 20.6 Å². The molecule has 0 saturated carbocycles. The van der Waals surface area contributed by atoms with Crippen molar-refractivity contribution in [3.8, 4) is 5.75 Å². The van der Waals surface area contributed by atoms with Crippen molar-refractivity contribution in [1.29, 1.82) is 0 Å². The minimum atomic E-state index is 0.279. The molecule has 1 aromatic heterocycles. The molecule has 0 aliphatic carbocycles. The zero-order valence-electron chi connectivity index (χ0n) is 14.9. The molecule has 138 valence electrons. The Morgan fingerprint density at radius 1 is 1.04 bits per heavy atom. The smallest absolute Gasteiger partial charge is 0.187 e. The molecule has 0 bridgehead atoms. The summed E-state index contributed by atoms with van der Waals surface area (Å²) in [5.74, 6) is 0.279. The molecular formula is C21H22N4OS. The number of hydrogen-bond donors (Lipinski definition) is 3. The van der Waals surface area contributed by atoms with E-state index in [1.807, 2.05) is 36.5 Å². The maximum absolute atomic E-state index is 9.82. The zero-order valence-corrected chi connectivity index (χ0v) is 15.7. The minimum Gasteiger partial charge on any atom is -0.507 e. The molecule has 1 aliphatic heterocycles. The van der Waals surface area contributed by atoms with E-state index in [4.69, 9.17) is 0 Å². The number of rotatable bonds is 5. The second kappa shape index (κ2) is 8.24. The van der Waals surface area contributed by atoms with Crippen molar-refractivity contribution in [1.82, 2.24) is 10.3 Å². The van der Waals surface area contributed by atoms with Crippen molar-refractivity contribution in [2.24, 2.45) is 0 Å². The highest BCUT2D eigenvalue weighted by Gasteiger charge is 2.10. The largest absolute Gasteiger partial charge is 0.507 e. The molecule has 0 amide bonds. The fourth-order valence-electron chi connectivity index (χ4n) is 3.02. The average Bonchev–Trinajstić information content (AvgIpc) is 3.16. The normalized spacial score (nSPS) is 14.6. The van der Waals surface area contributed by atoms with Crippen LogP contribution in [-0.2, 0) is 0 Å². The Kier molecular flexibility index (Phi) is 5.37. The lowest BCUT2D eigenvalue weighted by Crippen LogP contribution is -2.43. The number of aromatic nitrogens is 1. The van der Waals surface area contributed by atoms with E-state index in [-0.39, 0.29) is 5.75 Å². The number of phenolic OH excluding ortho intramolecular Hbond substituents is 1. The lowest BCUT2D eigenvalue weighted by atomic mass is 10.2. The number of anilines is 3. The number of aromatic hydroxyl groups is 1. The van der Waals surface area contributed by atoms with Gasteiger partial charge in [-0.2, -0.15) is 0 Å². The lowest BCUT2D eigenvalue weighted by Gasteiger charge is -2.29. The summed E-state index contributed by atoms with van der Waals surface area (Å²) >= 11 is 1.58. The van der Waals surface area contributed by atoms with Crippen LogP contribution in [0, 0.1) is 0 Å². The molecule has 0 unspecified atom stereocenters. The number of phenols is 1. The second-order valence-electron chi connectivity index (χ2n) is 6.37. The Morgan fingerprint density at radius 2 is 1.81 bits per heavy atom. The van der Waals surface area contributed by atoms with Crippen molar-refractivity contribution < 1.29 is 5.11 Å². The van der Waals surface area contributed by atoms with Gasteiger partial charge in [0.05, 0.1) is 0 Å². The summed E-state index contributed by atoms with van der Waals surface area (Å²) in [5.41, 5.74) is 3.08. The first kappa shape index (κ1) is 17.6. The number of piperazine rings is 1. The summed E-state index contributed by atoms with van der Waals surface area (Å²) < 4.78 is 0. The van der Waals surface area contributed by atoms with Crippen molar-refractivity contribution in [2.45, 2.75) is 0 Å². The first-order valence-corrected chi connectivity index (χ1v) is 9.84. The fourth-order valence-corrected chi connectivity index (χ4v) is 3.76. The van der Waals surface area contributed by atoms with Gasteiger partial charge in [0.1, 0.15) is 5.75 Å². The summed E-state index contributed by atoms with van der Waals surface area (Å²) in [4.78, 5) is 7.85. The van der Waals surface area contributed by atoms with Crippen molar-refractivity contribution >= 4 is 40.0 Å². The van der Waals surface area contributed by atoms with E-state index < -0.39 is 0 Å². The van der Waals surface area contributed by atoms with Crippen LogP contribution in [0.15, 0.2) is 54.7 Å². The number of nitrogens with one attached hydrogen (secondary N) is 2. The van der Waals surface area contributed by atoms with Crippen molar-refractivity contribution in [2.75, 3.05) is 36.4 Å². The highest BCUT2D eigenvalue weighted by atomic mass is 32.1. The van der Waals surface area contributed by atoms with Crippen molar-refractivity contribution in [3.05, 3.63) is 65.2 Å². The van der Waals surface area contributed by atoms with Crippen LogP contribution < -0.4 is 15.5 Å². The van der Waals surface area contributed by atoms with E-state index in [1.54, 1.807) is 17.4 Å². The van der Waals surface area contributed by atoms with Gasteiger partial charge in [0.15, 0.2) is 5.13 Å². The van der Waals surface area contributed by atoms with E-state index in [9.17, 15) is 5.11 Å². The molecular weight excluding hydrogens is 356 g/mol. The summed E-state index contributed by atoms with van der Waals surface area (Å²) in [7, 11) is 0. The van der Waals surface area contributed by atoms with Gasteiger partial charge in [-0.15, -0.1) is 0 Å². The maximum atomic E-state index is 9.82. The fraction of sp³-hybridized carbons (Fsp3) is 0.190. The van der Waals surface area contributed by atoms with E-state index in [2.05, 4.69) is 44.8 Å². The monoisotopic (exact) mass is 378 g/mol. The Hall–Kier alpha value is -2.83. The number of benzene rings is 2. The third kappa shape index (κ3) is 4.48. The van der Waals surface area contributed by atoms with Crippen LogP contribution in [-0.4, -0.2) is 36.3 Å². The van der Waals surface area contributed by atoms with Crippen molar-refractivity contribution in [3.63, 3.8) is 0 Å². The second-order valence-corrected chi connectivity index (χ2v) is 7.43. The molecule has 2 heterocycles. The first-order valence-electron chi connectivity index (χ1n) is 9.02. The summed E-state index contributed by atoms with van der Waals surface area (Å²) in [5, 5.41) is 17.4. The third-order valence-corrected chi connectivity index (χ3v) is 5.37. The number of para-hydroxylation sites is 1. The summed E-state index contributed by atoms with van der Waals surface area (Å²) in [6.45, 7) is 4.17. The van der Waals surface area contributed by atoms with E-state index in [0.29, 0.717) is 0 Å². The molecule has 3 aromatic rings. The van der Waals surface area contributed by atoms with E-state index in [0.717, 1.165) is 47.4 Å². The molecule has 3 N–H and O–H groups in total. The molecule has 2 aromatic carbocycles. The maximum Gasteiger partial charge on any atom is 0.187 e. The molecule has 5 nitrogen and oxygen atoms in total. The van der Waals surface area contributed by atoms with Crippen LogP contribution >= 0.6 is 11.3 Å².